The maximum atomic E-state index is 11.7. The molecule has 0 bridgehead atoms. The van der Waals surface area contributed by atoms with E-state index < -0.39 is 8.07 Å². The summed E-state index contributed by atoms with van der Waals surface area (Å²) in [7, 11) is -1.20. The fourth-order valence-corrected chi connectivity index (χ4v) is 5.76. The van der Waals surface area contributed by atoms with Crippen molar-refractivity contribution in [3.63, 3.8) is 0 Å². The van der Waals surface area contributed by atoms with Gasteiger partial charge in [-0.1, -0.05) is 49.6 Å². The van der Waals surface area contributed by atoms with E-state index in [-0.39, 0.29) is 11.9 Å². The summed E-state index contributed by atoms with van der Waals surface area (Å²) < 4.78 is 8.34. The number of carbonyl (C=O) groups excluding carboxylic acids is 1. The highest BCUT2D eigenvalue weighted by atomic mass is 32.2. The molecule has 2 heterocycles. The topological polar surface area (TPSA) is 95.1 Å². The number of carbonyl (C=O) groups is 1. The molecule has 1 aliphatic rings. The van der Waals surface area contributed by atoms with Crippen LogP contribution in [0.2, 0.25) is 25.7 Å². The zero-order valence-electron chi connectivity index (χ0n) is 21.2. The van der Waals surface area contributed by atoms with Gasteiger partial charge in [0.1, 0.15) is 12.5 Å². The minimum absolute atomic E-state index is 0.0627. The minimum atomic E-state index is -1.20. The first-order chi connectivity index (χ1) is 16.7. The number of hydrogen-bond donors (Lipinski definition) is 2. The molecule has 3 N–H and O–H groups in total. The maximum Gasteiger partial charge on any atom is 0.222 e. The van der Waals surface area contributed by atoms with Crippen LogP contribution in [0.4, 0.5) is 5.82 Å². The van der Waals surface area contributed by atoms with E-state index in [1.165, 1.54) is 18.1 Å². The molecule has 0 spiro atoms. The average molecular weight is 510 g/mol. The van der Waals surface area contributed by atoms with E-state index in [0.29, 0.717) is 12.5 Å². The van der Waals surface area contributed by atoms with E-state index in [0.717, 1.165) is 53.2 Å². The molecule has 4 rings (SSSR count). The van der Waals surface area contributed by atoms with E-state index in [4.69, 9.17) is 15.5 Å². The molecule has 0 saturated carbocycles. The lowest BCUT2D eigenvalue weighted by Crippen LogP contribution is -2.22. The summed E-state index contributed by atoms with van der Waals surface area (Å²) >= 11 is 1.60. The Kier molecular flexibility index (Phi) is 7.80. The van der Waals surface area contributed by atoms with Crippen molar-refractivity contribution < 1.29 is 9.53 Å². The average Bonchev–Trinajstić information content (AvgIpc) is 3.36. The van der Waals surface area contributed by atoms with E-state index in [9.17, 15) is 4.79 Å². The number of rotatable bonds is 9. The molecule has 0 radical (unpaired) electrons. The van der Waals surface area contributed by atoms with Crippen LogP contribution in [-0.2, 0) is 22.7 Å². The number of thioether (sulfide) groups is 1. The quantitative estimate of drug-likeness (QED) is 0.223. The predicted molar refractivity (Wildman–Crippen MR) is 146 cm³/mol. The van der Waals surface area contributed by atoms with Gasteiger partial charge in [0.2, 0.25) is 5.91 Å². The molecule has 1 unspecified atom stereocenters. The number of amides is 1. The number of aromatic nitrogens is 3. The molecule has 3 aromatic rings. The van der Waals surface area contributed by atoms with Gasteiger partial charge in [-0.25, -0.2) is 9.97 Å². The maximum absolute atomic E-state index is 11.7. The Hall–Kier alpha value is -2.46. The van der Waals surface area contributed by atoms with Crippen molar-refractivity contribution in [1.82, 2.24) is 14.5 Å². The Labute approximate surface area is 212 Å². The number of fused-ring (bicyclic) bond motifs is 1. The van der Waals surface area contributed by atoms with Gasteiger partial charge in [-0.15, -0.1) is 0 Å². The number of nitrogens with two attached hydrogens (primary N) is 1. The molecule has 1 aromatic carbocycles. The van der Waals surface area contributed by atoms with E-state index >= 15 is 0 Å². The van der Waals surface area contributed by atoms with E-state index in [1.54, 1.807) is 18.0 Å². The fraction of sp³-hybridized carbons (Fsp3) is 0.423. The Bertz CT molecular complexity index is 1220. The Balaban J connectivity index is 1.83. The SMILES string of the molecule is CSc1nc(-c2cccc3c2CCC3N)c(-c2ccnc(NC(C)=O)c2)n1COCC[Si](C)(C)C. The zero-order valence-corrected chi connectivity index (χ0v) is 23.0. The summed E-state index contributed by atoms with van der Waals surface area (Å²) in [6.07, 6.45) is 5.64. The Morgan fingerprint density at radius 1 is 1.31 bits per heavy atom. The normalized spacial score (nSPS) is 15.3. The monoisotopic (exact) mass is 509 g/mol. The zero-order chi connectivity index (χ0) is 25.2. The summed E-state index contributed by atoms with van der Waals surface area (Å²) in [4.78, 5) is 21.1. The third-order valence-electron chi connectivity index (χ3n) is 6.24. The molecule has 1 amide bonds. The van der Waals surface area contributed by atoms with Gasteiger partial charge in [0.15, 0.2) is 5.16 Å². The van der Waals surface area contributed by atoms with Gasteiger partial charge in [0.05, 0.1) is 11.4 Å². The molecule has 1 atom stereocenters. The molecule has 0 aliphatic heterocycles. The molecule has 186 valence electrons. The number of ether oxygens (including phenoxy) is 1. The van der Waals surface area contributed by atoms with Gasteiger partial charge < -0.3 is 15.8 Å². The number of hydrogen-bond acceptors (Lipinski definition) is 6. The van der Waals surface area contributed by atoms with Crippen molar-refractivity contribution in [3.8, 4) is 22.5 Å². The van der Waals surface area contributed by atoms with Crippen LogP contribution in [0.3, 0.4) is 0 Å². The molecule has 0 saturated heterocycles. The summed E-state index contributed by atoms with van der Waals surface area (Å²) in [5, 5.41) is 3.69. The van der Waals surface area contributed by atoms with Gasteiger partial charge in [0.25, 0.3) is 0 Å². The fourth-order valence-electron chi connectivity index (χ4n) is 4.46. The lowest BCUT2D eigenvalue weighted by molar-refractivity contribution is -0.114. The van der Waals surface area contributed by atoms with E-state index in [2.05, 4.69) is 52.7 Å². The van der Waals surface area contributed by atoms with Crippen LogP contribution in [0.5, 0.6) is 0 Å². The van der Waals surface area contributed by atoms with Crippen LogP contribution >= 0.6 is 11.8 Å². The number of benzene rings is 1. The van der Waals surface area contributed by atoms with Crippen LogP contribution in [0.25, 0.3) is 22.5 Å². The van der Waals surface area contributed by atoms with Gasteiger partial charge in [-0.05, 0) is 48.4 Å². The van der Waals surface area contributed by atoms with Crippen molar-refractivity contribution in [3.05, 3.63) is 47.7 Å². The highest BCUT2D eigenvalue weighted by Crippen LogP contribution is 2.41. The molecule has 1 aliphatic carbocycles. The molecule has 0 fully saturated rings. The van der Waals surface area contributed by atoms with Gasteiger partial charge in [-0.3, -0.25) is 9.36 Å². The number of nitrogens with zero attached hydrogens (tertiary/aromatic N) is 3. The van der Waals surface area contributed by atoms with Crippen molar-refractivity contribution in [2.75, 3.05) is 18.2 Å². The number of nitrogens with one attached hydrogen (secondary N) is 1. The summed E-state index contributed by atoms with van der Waals surface area (Å²) in [5.74, 6) is 0.358. The van der Waals surface area contributed by atoms with Crippen LogP contribution in [0.1, 0.15) is 30.5 Å². The highest BCUT2D eigenvalue weighted by molar-refractivity contribution is 7.98. The highest BCUT2D eigenvalue weighted by Gasteiger charge is 2.27. The molecule has 9 heteroatoms. The van der Waals surface area contributed by atoms with Crippen LogP contribution in [0.15, 0.2) is 41.7 Å². The first-order valence-corrected chi connectivity index (χ1v) is 16.9. The second-order valence-electron chi connectivity index (χ2n) is 10.2. The molecule has 35 heavy (non-hydrogen) atoms. The van der Waals surface area contributed by atoms with Crippen LogP contribution < -0.4 is 11.1 Å². The smallest absolute Gasteiger partial charge is 0.222 e. The van der Waals surface area contributed by atoms with Gasteiger partial charge in [0, 0.05) is 45.0 Å². The standard InChI is InChI=1S/C26H35N5O2SSi/c1-17(32)29-23-15-18(11-12-28-23)25-24(21-8-6-7-20-19(21)9-10-22(20)27)30-26(34-2)31(25)16-33-13-14-35(3,4)5/h6-8,11-12,15,22H,9-10,13-14,16,27H2,1-5H3,(H,28,29,32). The second kappa shape index (κ2) is 10.7. The predicted octanol–water partition coefficient (Wildman–Crippen LogP) is 5.55. The number of imidazole rings is 1. The van der Waals surface area contributed by atoms with Crippen molar-refractivity contribution in [1.29, 1.82) is 0 Å². The molecule has 7 nitrogen and oxygen atoms in total. The second-order valence-corrected chi connectivity index (χ2v) is 16.6. The Morgan fingerprint density at radius 3 is 2.83 bits per heavy atom. The number of pyridine rings is 1. The lowest BCUT2D eigenvalue weighted by Gasteiger charge is -2.17. The third kappa shape index (κ3) is 5.86. The molecular formula is C26H35N5O2SSi. The van der Waals surface area contributed by atoms with Gasteiger partial charge in [-0.2, -0.15) is 0 Å². The van der Waals surface area contributed by atoms with Gasteiger partial charge >= 0.3 is 0 Å². The first-order valence-electron chi connectivity index (χ1n) is 12.0. The first kappa shape index (κ1) is 25.6. The summed E-state index contributed by atoms with van der Waals surface area (Å²) in [6, 6.07) is 11.4. The molecular weight excluding hydrogens is 474 g/mol. The van der Waals surface area contributed by atoms with Crippen molar-refractivity contribution >= 4 is 31.6 Å². The third-order valence-corrected chi connectivity index (χ3v) is 8.62. The van der Waals surface area contributed by atoms with Crippen molar-refractivity contribution in [2.45, 2.75) is 63.4 Å². The summed E-state index contributed by atoms with van der Waals surface area (Å²) in [6.45, 7) is 9.68. The minimum Gasteiger partial charge on any atom is -0.361 e. The largest absolute Gasteiger partial charge is 0.361 e. The van der Waals surface area contributed by atoms with Crippen molar-refractivity contribution in [2.24, 2.45) is 5.73 Å². The Morgan fingerprint density at radius 2 is 2.11 bits per heavy atom. The van der Waals surface area contributed by atoms with Crippen LogP contribution in [-0.4, -0.2) is 41.4 Å². The lowest BCUT2D eigenvalue weighted by atomic mass is 9.97. The molecule has 2 aromatic heterocycles. The van der Waals surface area contributed by atoms with Crippen LogP contribution in [0, 0.1) is 0 Å². The summed E-state index contributed by atoms with van der Waals surface area (Å²) in [5.41, 5.74) is 12.8. The number of anilines is 1. The van der Waals surface area contributed by atoms with E-state index in [1.807, 2.05) is 18.4 Å².